The lowest BCUT2D eigenvalue weighted by atomic mass is 9.82. The van der Waals surface area contributed by atoms with E-state index in [-0.39, 0.29) is 65.9 Å². The predicted molar refractivity (Wildman–Crippen MR) is 136 cm³/mol. The Balaban J connectivity index is 1.56. The fourth-order valence-electron chi connectivity index (χ4n) is 4.88. The monoisotopic (exact) mass is 512 g/mol. The van der Waals surface area contributed by atoms with Gasteiger partial charge in [-0.3, -0.25) is 24.2 Å². The Bertz CT molecular complexity index is 1710. The zero-order valence-electron chi connectivity index (χ0n) is 18.3. The molecule has 6 nitrogen and oxygen atoms in total. The van der Waals surface area contributed by atoms with Crippen molar-refractivity contribution in [2.24, 2.45) is 5.84 Å². The molecule has 0 radical (unpaired) electrons. The Labute approximate surface area is 214 Å². The van der Waals surface area contributed by atoms with Gasteiger partial charge in [-0.15, -0.1) is 0 Å². The van der Waals surface area contributed by atoms with Crippen LogP contribution in [0, 0.1) is 0 Å². The van der Waals surface area contributed by atoms with Gasteiger partial charge in [-0.2, -0.15) is 0 Å². The molecule has 36 heavy (non-hydrogen) atoms. The van der Waals surface area contributed by atoms with E-state index in [0.29, 0.717) is 0 Å². The van der Waals surface area contributed by atoms with Gasteiger partial charge in [0.15, 0.2) is 23.1 Å². The molecule has 0 spiro atoms. The van der Waals surface area contributed by atoms with Crippen LogP contribution in [0.2, 0.25) is 10.0 Å². The number of halogens is 2. The topological polar surface area (TPSA) is 97.5 Å². The third kappa shape index (κ3) is 2.96. The van der Waals surface area contributed by atoms with Crippen LogP contribution in [0.3, 0.4) is 0 Å². The van der Waals surface area contributed by atoms with Crippen LogP contribution in [-0.4, -0.2) is 23.1 Å². The lowest BCUT2D eigenvalue weighted by Gasteiger charge is -2.29. The third-order valence-corrected chi connectivity index (χ3v) is 7.15. The first-order valence-electron chi connectivity index (χ1n) is 10.9. The molecule has 0 unspecified atom stereocenters. The van der Waals surface area contributed by atoms with Crippen molar-refractivity contribution in [1.82, 2.24) is 0 Å². The van der Waals surface area contributed by atoms with Crippen molar-refractivity contribution in [3.63, 3.8) is 0 Å². The molecule has 0 amide bonds. The minimum absolute atomic E-state index is 0.0318. The van der Waals surface area contributed by atoms with E-state index in [2.05, 4.69) is 0 Å². The lowest BCUT2D eigenvalue weighted by molar-refractivity contribution is 0.0979. The molecule has 0 fully saturated rings. The van der Waals surface area contributed by atoms with Crippen LogP contribution in [0.4, 0.5) is 11.4 Å². The lowest BCUT2D eigenvalue weighted by Crippen LogP contribution is -2.33. The number of hydrogen-bond donors (Lipinski definition) is 1. The van der Waals surface area contributed by atoms with Crippen LogP contribution in [0.5, 0.6) is 0 Å². The van der Waals surface area contributed by atoms with Gasteiger partial charge in [-0.25, -0.2) is 5.84 Å². The van der Waals surface area contributed by atoms with Gasteiger partial charge in [-0.05, 0) is 24.3 Å². The number of carbonyl (C=O) groups excluding carboxylic acids is 4. The first-order valence-corrected chi connectivity index (χ1v) is 11.6. The van der Waals surface area contributed by atoms with Crippen molar-refractivity contribution >= 4 is 57.7 Å². The summed E-state index contributed by atoms with van der Waals surface area (Å²) in [5, 5.41) is 1.44. The first kappa shape index (κ1) is 22.4. The molecule has 2 N–H and O–H groups in total. The highest BCUT2D eigenvalue weighted by atomic mass is 35.5. The van der Waals surface area contributed by atoms with Gasteiger partial charge in [0.1, 0.15) is 0 Å². The standard InChI is InChI=1S/C28H14Cl2N2O4/c29-17-9-3-7-15-21(17)27(35)16-8-4-10-19(22(16)28(15)36)32(31)20-12-11-18(30)23-24(20)26(34)14-6-2-1-5-13(14)25(23)33/h1-12H,31H2. The van der Waals surface area contributed by atoms with Crippen molar-refractivity contribution in [1.29, 1.82) is 0 Å². The van der Waals surface area contributed by atoms with Gasteiger partial charge in [0.2, 0.25) is 0 Å². The van der Waals surface area contributed by atoms with E-state index in [1.807, 2.05) is 0 Å². The zero-order valence-corrected chi connectivity index (χ0v) is 19.9. The second kappa shape index (κ2) is 7.96. The summed E-state index contributed by atoms with van der Waals surface area (Å²) in [5.41, 5.74) is 1.45. The molecular formula is C28H14Cl2N2O4. The van der Waals surface area contributed by atoms with Gasteiger partial charge >= 0.3 is 0 Å². The number of nitrogens with two attached hydrogens (primary N) is 1. The van der Waals surface area contributed by atoms with Crippen LogP contribution in [0.25, 0.3) is 0 Å². The van der Waals surface area contributed by atoms with Crippen molar-refractivity contribution in [2.45, 2.75) is 0 Å². The summed E-state index contributed by atoms with van der Waals surface area (Å²) in [6.07, 6.45) is 0. The summed E-state index contributed by atoms with van der Waals surface area (Å²) >= 11 is 12.6. The molecule has 2 aliphatic carbocycles. The van der Waals surface area contributed by atoms with E-state index in [4.69, 9.17) is 29.0 Å². The molecule has 0 saturated heterocycles. The second-order valence-electron chi connectivity index (χ2n) is 8.41. The highest BCUT2D eigenvalue weighted by Crippen LogP contribution is 2.42. The number of anilines is 2. The molecule has 0 saturated carbocycles. The molecule has 0 aromatic heterocycles. The number of rotatable bonds is 2. The third-order valence-electron chi connectivity index (χ3n) is 6.52. The first-order chi connectivity index (χ1) is 17.3. The summed E-state index contributed by atoms with van der Waals surface area (Å²) in [7, 11) is 0. The average molecular weight is 513 g/mol. The van der Waals surface area contributed by atoms with Gasteiger partial charge in [0.05, 0.1) is 43.7 Å². The van der Waals surface area contributed by atoms with Gasteiger partial charge in [0.25, 0.3) is 0 Å². The largest absolute Gasteiger partial charge is 0.289 e. The van der Waals surface area contributed by atoms with Gasteiger partial charge in [-0.1, -0.05) is 71.7 Å². The number of ketones is 4. The number of benzene rings is 4. The Kier molecular flexibility index (Phi) is 4.95. The predicted octanol–water partition coefficient (Wildman–Crippen LogP) is 5.56. The Morgan fingerprint density at radius 1 is 0.472 bits per heavy atom. The van der Waals surface area contributed by atoms with E-state index >= 15 is 0 Å². The fourth-order valence-corrected chi connectivity index (χ4v) is 5.38. The Morgan fingerprint density at radius 2 is 0.944 bits per heavy atom. The minimum Gasteiger partial charge on any atom is -0.289 e. The normalized spacial score (nSPS) is 13.6. The molecule has 0 aliphatic heterocycles. The van der Waals surface area contributed by atoms with Crippen LogP contribution in [0.1, 0.15) is 63.7 Å². The number of fused-ring (bicyclic) bond motifs is 4. The summed E-state index contributed by atoms with van der Waals surface area (Å²) in [6, 6.07) is 18.8. The van der Waals surface area contributed by atoms with E-state index in [1.54, 1.807) is 48.5 Å². The smallest absolute Gasteiger partial charge is 0.196 e. The van der Waals surface area contributed by atoms with Gasteiger partial charge in [0, 0.05) is 22.3 Å². The molecular weight excluding hydrogens is 499 g/mol. The summed E-state index contributed by atoms with van der Waals surface area (Å²) in [6.45, 7) is 0. The van der Waals surface area contributed by atoms with Gasteiger partial charge < -0.3 is 0 Å². The zero-order chi connectivity index (χ0) is 25.3. The SMILES string of the molecule is NN(c1cccc2c1C(=O)c1cccc(Cl)c1C2=O)c1ccc(Cl)c2c1C(=O)c1ccccc1C2=O. The second-order valence-corrected chi connectivity index (χ2v) is 9.23. The molecule has 174 valence electrons. The van der Waals surface area contributed by atoms with Crippen LogP contribution in [0.15, 0.2) is 72.8 Å². The molecule has 0 atom stereocenters. The van der Waals surface area contributed by atoms with Crippen LogP contribution in [-0.2, 0) is 0 Å². The molecule has 2 aliphatic rings. The van der Waals surface area contributed by atoms with Crippen molar-refractivity contribution < 1.29 is 19.2 Å². The number of hydrogen-bond acceptors (Lipinski definition) is 6. The average Bonchev–Trinajstić information content (AvgIpc) is 2.89. The molecule has 4 aromatic rings. The molecule has 6 rings (SSSR count). The highest BCUT2D eigenvalue weighted by Gasteiger charge is 2.37. The fraction of sp³-hybridized carbons (Fsp3) is 0. The molecule has 4 aromatic carbocycles. The summed E-state index contributed by atoms with van der Waals surface area (Å²) in [5.74, 6) is 4.89. The van der Waals surface area contributed by atoms with Crippen LogP contribution >= 0.6 is 23.2 Å². The van der Waals surface area contributed by atoms with Crippen molar-refractivity contribution in [2.75, 3.05) is 5.01 Å². The maximum atomic E-state index is 13.5. The number of carbonyl (C=O) groups is 4. The Morgan fingerprint density at radius 3 is 1.64 bits per heavy atom. The van der Waals surface area contributed by atoms with E-state index < -0.39 is 23.1 Å². The van der Waals surface area contributed by atoms with E-state index in [1.165, 1.54) is 24.3 Å². The number of nitrogens with zero attached hydrogens (tertiary/aromatic N) is 1. The number of hydrazine groups is 1. The molecule has 8 heteroatoms. The van der Waals surface area contributed by atoms with E-state index in [0.717, 1.165) is 5.01 Å². The molecule has 0 bridgehead atoms. The quantitative estimate of drug-likeness (QED) is 0.241. The van der Waals surface area contributed by atoms with Crippen molar-refractivity contribution in [3.05, 3.63) is 127 Å². The summed E-state index contributed by atoms with van der Waals surface area (Å²) in [4.78, 5) is 53.6. The molecule has 0 heterocycles. The maximum Gasteiger partial charge on any atom is 0.196 e. The minimum atomic E-state index is -0.427. The van der Waals surface area contributed by atoms with Crippen molar-refractivity contribution in [3.8, 4) is 0 Å². The highest BCUT2D eigenvalue weighted by molar-refractivity contribution is 6.41. The van der Waals surface area contributed by atoms with E-state index in [9.17, 15) is 19.2 Å². The maximum absolute atomic E-state index is 13.5. The summed E-state index contributed by atoms with van der Waals surface area (Å²) < 4.78 is 0. The van der Waals surface area contributed by atoms with Crippen LogP contribution < -0.4 is 10.9 Å². The Hall–Kier alpha value is -4.10.